The number of aldehydes is 2. The molecule has 0 fully saturated rings. The Morgan fingerprint density at radius 1 is 0.419 bits per heavy atom. The molecule has 0 aliphatic rings. The number of carbonyl (C=O) groups excluding carboxylic acids is 2. The maximum Gasteiger partial charge on any atom is 0.180 e. The molecule has 0 radical (unpaired) electrons. The van der Waals surface area contributed by atoms with E-state index in [1.54, 1.807) is 0 Å². The van der Waals surface area contributed by atoms with Gasteiger partial charge in [-0.2, -0.15) is 0 Å². The molecule has 0 saturated heterocycles. The fourth-order valence-electron chi connectivity index (χ4n) is 5.03. The van der Waals surface area contributed by atoms with Crippen LogP contribution in [0.4, 0.5) is 0 Å². The maximum absolute atomic E-state index is 10.4. The van der Waals surface area contributed by atoms with Crippen molar-refractivity contribution in [3.05, 3.63) is 24.3 Å². The van der Waals surface area contributed by atoms with Crippen LogP contribution >= 0.6 is 0 Å². The molecule has 252 valence electrons. The third-order valence-electron chi connectivity index (χ3n) is 7.80. The molecule has 43 heavy (non-hydrogen) atoms. The van der Waals surface area contributed by atoms with Crippen LogP contribution in [0.2, 0.25) is 0 Å². The highest BCUT2D eigenvalue weighted by Gasteiger charge is 2.13. The first-order valence-corrected chi connectivity index (χ1v) is 18.4. The van der Waals surface area contributed by atoms with Gasteiger partial charge in [0.1, 0.15) is 12.6 Å². The van der Waals surface area contributed by atoms with Gasteiger partial charge in [-0.15, -0.1) is 0 Å². The highest BCUT2D eigenvalue weighted by molar-refractivity contribution is 5.49. The summed E-state index contributed by atoms with van der Waals surface area (Å²) in [5.74, 6) is 0. The van der Waals surface area contributed by atoms with E-state index in [4.69, 9.17) is 14.2 Å². The zero-order valence-corrected chi connectivity index (χ0v) is 28.5. The molecule has 0 aromatic carbocycles. The summed E-state index contributed by atoms with van der Waals surface area (Å²) in [4.78, 5) is 20.8. The van der Waals surface area contributed by atoms with E-state index in [9.17, 15) is 9.59 Å². The molecule has 0 rings (SSSR count). The minimum absolute atomic E-state index is 0.379. The van der Waals surface area contributed by atoms with Crippen LogP contribution in [0, 0.1) is 0 Å². The first-order chi connectivity index (χ1) is 21.3. The number of hydrogen-bond donors (Lipinski definition) is 0. The highest BCUT2D eigenvalue weighted by atomic mass is 16.8. The Morgan fingerprint density at radius 2 is 0.744 bits per heavy atom. The molecule has 0 aliphatic heterocycles. The summed E-state index contributed by atoms with van der Waals surface area (Å²) in [7, 11) is 0. The predicted molar refractivity (Wildman–Crippen MR) is 182 cm³/mol. The molecule has 0 saturated carbocycles. The second-order valence-corrected chi connectivity index (χ2v) is 12.0. The molecule has 5 heteroatoms. The second-order valence-electron chi connectivity index (χ2n) is 12.0. The van der Waals surface area contributed by atoms with E-state index in [-0.39, 0.29) is 12.6 Å². The lowest BCUT2D eigenvalue weighted by atomic mass is 10.1. The molecule has 5 nitrogen and oxygen atoms in total. The fraction of sp³-hybridized carbons (Fsp3) is 0.842. The molecule has 2 unspecified atom stereocenters. The number of rotatable bonds is 36. The van der Waals surface area contributed by atoms with Gasteiger partial charge in [-0.25, -0.2) is 0 Å². The largest absolute Gasteiger partial charge is 0.349 e. The third-order valence-corrected chi connectivity index (χ3v) is 7.80. The van der Waals surface area contributed by atoms with E-state index < -0.39 is 0 Å². The standard InChI is InChI=1S/C38H70O5/c1-3-5-29-35-41-37(31-25-21-17-13-9-7-11-15-19-23-27-33-39)43-38(42-36-30-6-4-2)32-26-22-18-14-10-8-12-16-20-24-28-34-40/h25-26,31-34,37-38H,3-24,27-30,35-36H2,1-2H3. The van der Waals surface area contributed by atoms with Crippen LogP contribution in [0.25, 0.3) is 0 Å². The summed E-state index contributed by atoms with van der Waals surface area (Å²) in [5, 5.41) is 0. The number of ether oxygens (including phenoxy) is 3. The Morgan fingerprint density at radius 3 is 1.07 bits per heavy atom. The molecule has 0 N–H and O–H groups in total. The van der Waals surface area contributed by atoms with Crippen LogP contribution in [-0.2, 0) is 23.8 Å². The van der Waals surface area contributed by atoms with Crippen LogP contribution in [0.5, 0.6) is 0 Å². The van der Waals surface area contributed by atoms with Crippen molar-refractivity contribution in [3.63, 3.8) is 0 Å². The summed E-state index contributed by atoms with van der Waals surface area (Å²) in [6.07, 6.45) is 39.9. The van der Waals surface area contributed by atoms with E-state index in [0.717, 1.165) is 51.1 Å². The smallest absolute Gasteiger partial charge is 0.180 e. The zero-order chi connectivity index (χ0) is 31.3. The highest BCUT2D eigenvalue weighted by Crippen LogP contribution is 2.14. The third kappa shape index (κ3) is 33.4. The van der Waals surface area contributed by atoms with E-state index in [1.807, 2.05) is 0 Å². The molecule has 0 aromatic rings. The molecule has 2 atom stereocenters. The van der Waals surface area contributed by atoms with Crippen molar-refractivity contribution in [2.75, 3.05) is 13.2 Å². The molecular formula is C38H70O5. The number of allylic oxidation sites excluding steroid dienone is 2. The van der Waals surface area contributed by atoms with E-state index in [0.29, 0.717) is 26.1 Å². The summed E-state index contributed by atoms with van der Waals surface area (Å²) < 4.78 is 18.7. The van der Waals surface area contributed by atoms with Crippen molar-refractivity contribution in [1.29, 1.82) is 0 Å². The fourth-order valence-corrected chi connectivity index (χ4v) is 5.03. The van der Waals surface area contributed by atoms with Gasteiger partial charge in [0.15, 0.2) is 12.6 Å². The van der Waals surface area contributed by atoms with Crippen molar-refractivity contribution < 1.29 is 23.8 Å². The first kappa shape index (κ1) is 41.7. The molecule has 0 aliphatic carbocycles. The number of unbranched alkanes of at least 4 members (excludes halogenated alkanes) is 22. The summed E-state index contributed by atoms with van der Waals surface area (Å²) >= 11 is 0. The molecule has 0 spiro atoms. The van der Waals surface area contributed by atoms with Gasteiger partial charge in [-0.3, -0.25) is 0 Å². The van der Waals surface area contributed by atoms with Gasteiger partial charge in [-0.1, -0.05) is 129 Å². The topological polar surface area (TPSA) is 61.8 Å². The van der Waals surface area contributed by atoms with E-state index in [1.165, 1.54) is 116 Å². The lowest BCUT2D eigenvalue weighted by molar-refractivity contribution is -0.208. The minimum Gasteiger partial charge on any atom is -0.349 e. The van der Waals surface area contributed by atoms with Crippen molar-refractivity contribution in [3.8, 4) is 0 Å². The van der Waals surface area contributed by atoms with Gasteiger partial charge in [-0.05, 0) is 63.5 Å². The number of carbonyl (C=O) groups is 2. The van der Waals surface area contributed by atoms with Gasteiger partial charge in [0.05, 0.1) is 13.2 Å². The van der Waals surface area contributed by atoms with Gasteiger partial charge in [0, 0.05) is 12.8 Å². The molecule has 0 heterocycles. The van der Waals surface area contributed by atoms with Crippen LogP contribution in [0.1, 0.15) is 181 Å². The van der Waals surface area contributed by atoms with Gasteiger partial charge < -0.3 is 23.8 Å². The lowest BCUT2D eigenvalue weighted by Crippen LogP contribution is -2.25. The van der Waals surface area contributed by atoms with Crippen LogP contribution in [0.3, 0.4) is 0 Å². The Hall–Kier alpha value is -1.30. The number of hydrogen-bond acceptors (Lipinski definition) is 5. The summed E-state index contributed by atoms with van der Waals surface area (Å²) in [6, 6.07) is 0. The first-order valence-electron chi connectivity index (χ1n) is 18.4. The maximum atomic E-state index is 10.4. The zero-order valence-electron chi connectivity index (χ0n) is 28.5. The van der Waals surface area contributed by atoms with Crippen LogP contribution < -0.4 is 0 Å². The minimum atomic E-state index is -0.379. The van der Waals surface area contributed by atoms with Crippen molar-refractivity contribution in [2.45, 2.75) is 193 Å². The van der Waals surface area contributed by atoms with Crippen molar-refractivity contribution in [1.82, 2.24) is 0 Å². The van der Waals surface area contributed by atoms with E-state index >= 15 is 0 Å². The van der Waals surface area contributed by atoms with E-state index in [2.05, 4.69) is 38.2 Å². The molecule has 0 amide bonds. The summed E-state index contributed by atoms with van der Waals surface area (Å²) in [5.41, 5.74) is 0. The van der Waals surface area contributed by atoms with Gasteiger partial charge in [0.2, 0.25) is 0 Å². The Labute approximate surface area is 267 Å². The van der Waals surface area contributed by atoms with Gasteiger partial charge in [0.25, 0.3) is 0 Å². The Bertz CT molecular complexity index is 565. The average Bonchev–Trinajstić information content (AvgIpc) is 3.02. The van der Waals surface area contributed by atoms with Crippen LogP contribution in [0.15, 0.2) is 24.3 Å². The molecular weight excluding hydrogens is 536 g/mol. The Kier molecular flexibility index (Phi) is 35.8. The predicted octanol–water partition coefficient (Wildman–Crippen LogP) is 11.4. The van der Waals surface area contributed by atoms with Crippen LogP contribution in [-0.4, -0.2) is 38.4 Å². The second kappa shape index (κ2) is 36.9. The molecule has 0 aromatic heterocycles. The summed E-state index contributed by atoms with van der Waals surface area (Å²) in [6.45, 7) is 5.84. The monoisotopic (exact) mass is 607 g/mol. The SMILES string of the molecule is CCCCCOC(C=CCCCCCCCCCCC=O)OC(C=CCCCCCCCCCCC=O)OCCCCC. The average molecular weight is 607 g/mol. The lowest BCUT2D eigenvalue weighted by Gasteiger charge is -2.21. The van der Waals surface area contributed by atoms with Gasteiger partial charge >= 0.3 is 0 Å². The van der Waals surface area contributed by atoms with Crippen molar-refractivity contribution >= 4 is 12.6 Å². The van der Waals surface area contributed by atoms with Crippen molar-refractivity contribution in [2.24, 2.45) is 0 Å². The quantitative estimate of drug-likeness (QED) is 0.0307. The Balaban J connectivity index is 4.53. The molecule has 0 bridgehead atoms. The normalized spacial score (nSPS) is 13.3.